The Kier molecular flexibility index (Phi) is 4.22. The standard InChI is InChI=1S/C18H20N2O2/c1-22-17(12-7-3-2-4-8-12)18(21)20-15-11-13-9-5-6-10-14(13)16(15)19/h2-10,15-17H,11,19H2,1H3,(H,20,21)/t15-,16?,17?/m0/s1. The second kappa shape index (κ2) is 6.30. The van der Waals surface area contributed by atoms with Crippen molar-refractivity contribution in [3.05, 3.63) is 71.3 Å². The van der Waals surface area contributed by atoms with Crippen molar-refractivity contribution in [1.82, 2.24) is 5.32 Å². The number of hydrogen-bond acceptors (Lipinski definition) is 3. The third-order valence-corrected chi connectivity index (χ3v) is 4.19. The van der Waals surface area contributed by atoms with Gasteiger partial charge in [-0.3, -0.25) is 4.79 Å². The van der Waals surface area contributed by atoms with E-state index in [0.29, 0.717) is 0 Å². The Morgan fingerprint density at radius 2 is 1.86 bits per heavy atom. The highest BCUT2D eigenvalue weighted by molar-refractivity contribution is 5.82. The van der Waals surface area contributed by atoms with Crippen LogP contribution in [0.2, 0.25) is 0 Å². The molecule has 1 amide bonds. The first-order chi connectivity index (χ1) is 10.7. The number of carbonyl (C=O) groups is 1. The van der Waals surface area contributed by atoms with E-state index in [0.717, 1.165) is 17.5 Å². The van der Waals surface area contributed by atoms with Crippen LogP contribution in [0.3, 0.4) is 0 Å². The largest absolute Gasteiger partial charge is 0.367 e. The summed E-state index contributed by atoms with van der Waals surface area (Å²) in [4.78, 5) is 12.5. The molecule has 0 saturated heterocycles. The van der Waals surface area contributed by atoms with Gasteiger partial charge in [-0.25, -0.2) is 0 Å². The smallest absolute Gasteiger partial charge is 0.254 e. The molecular weight excluding hydrogens is 276 g/mol. The van der Waals surface area contributed by atoms with E-state index in [4.69, 9.17) is 10.5 Å². The van der Waals surface area contributed by atoms with Crippen molar-refractivity contribution in [3.8, 4) is 0 Å². The number of nitrogens with two attached hydrogens (primary N) is 1. The SMILES string of the molecule is COC(C(=O)N[C@H]1Cc2ccccc2C1N)c1ccccc1. The average Bonchev–Trinajstić information content (AvgIpc) is 2.86. The molecule has 2 unspecified atom stereocenters. The maximum absolute atomic E-state index is 12.5. The Bertz CT molecular complexity index is 657. The third-order valence-electron chi connectivity index (χ3n) is 4.19. The van der Waals surface area contributed by atoms with Crippen molar-refractivity contribution < 1.29 is 9.53 Å². The number of methoxy groups -OCH3 is 1. The van der Waals surface area contributed by atoms with Crippen LogP contribution in [0.25, 0.3) is 0 Å². The molecule has 22 heavy (non-hydrogen) atoms. The predicted molar refractivity (Wildman–Crippen MR) is 85.2 cm³/mol. The molecule has 0 radical (unpaired) electrons. The highest BCUT2D eigenvalue weighted by atomic mass is 16.5. The molecule has 0 spiro atoms. The zero-order valence-corrected chi connectivity index (χ0v) is 12.5. The van der Waals surface area contributed by atoms with Crippen LogP contribution in [-0.2, 0) is 16.0 Å². The Morgan fingerprint density at radius 3 is 2.55 bits per heavy atom. The highest BCUT2D eigenvalue weighted by Gasteiger charge is 2.32. The van der Waals surface area contributed by atoms with Crippen LogP contribution in [0.1, 0.15) is 28.8 Å². The number of hydrogen-bond donors (Lipinski definition) is 2. The molecule has 3 N–H and O–H groups in total. The van der Waals surface area contributed by atoms with Gasteiger partial charge in [-0.05, 0) is 23.1 Å². The summed E-state index contributed by atoms with van der Waals surface area (Å²) < 4.78 is 5.37. The zero-order chi connectivity index (χ0) is 15.5. The topological polar surface area (TPSA) is 64.3 Å². The maximum atomic E-state index is 12.5. The normalized spacial score (nSPS) is 21.2. The van der Waals surface area contributed by atoms with E-state index < -0.39 is 6.10 Å². The van der Waals surface area contributed by atoms with Crippen LogP contribution >= 0.6 is 0 Å². The van der Waals surface area contributed by atoms with Gasteiger partial charge in [-0.1, -0.05) is 54.6 Å². The van der Waals surface area contributed by atoms with Crippen molar-refractivity contribution >= 4 is 5.91 Å². The van der Waals surface area contributed by atoms with Gasteiger partial charge in [0.15, 0.2) is 6.10 Å². The first kappa shape index (κ1) is 14.8. The predicted octanol–water partition coefficient (Wildman–Crippen LogP) is 2.11. The first-order valence-electron chi connectivity index (χ1n) is 7.42. The van der Waals surface area contributed by atoms with Gasteiger partial charge >= 0.3 is 0 Å². The lowest BCUT2D eigenvalue weighted by Gasteiger charge is -2.22. The van der Waals surface area contributed by atoms with Crippen molar-refractivity contribution in [2.45, 2.75) is 24.6 Å². The number of benzene rings is 2. The minimum absolute atomic E-state index is 0.0914. The fourth-order valence-electron chi connectivity index (χ4n) is 3.05. The van der Waals surface area contributed by atoms with Crippen molar-refractivity contribution in [3.63, 3.8) is 0 Å². The van der Waals surface area contributed by atoms with Gasteiger partial charge in [0.2, 0.25) is 0 Å². The molecule has 0 aromatic heterocycles. The van der Waals surface area contributed by atoms with Gasteiger partial charge in [-0.15, -0.1) is 0 Å². The summed E-state index contributed by atoms with van der Waals surface area (Å²) in [6.45, 7) is 0. The molecule has 2 aromatic carbocycles. The summed E-state index contributed by atoms with van der Waals surface area (Å²) in [5.74, 6) is -0.151. The van der Waals surface area contributed by atoms with Crippen LogP contribution < -0.4 is 11.1 Å². The lowest BCUT2D eigenvalue weighted by atomic mass is 10.1. The number of amides is 1. The lowest BCUT2D eigenvalue weighted by molar-refractivity contribution is -0.132. The Balaban J connectivity index is 1.72. The fourth-order valence-corrected chi connectivity index (χ4v) is 3.05. The number of carbonyl (C=O) groups excluding carboxylic acids is 1. The van der Waals surface area contributed by atoms with Crippen LogP contribution in [0, 0.1) is 0 Å². The van der Waals surface area contributed by atoms with E-state index in [-0.39, 0.29) is 18.0 Å². The van der Waals surface area contributed by atoms with Gasteiger partial charge in [0.1, 0.15) is 0 Å². The van der Waals surface area contributed by atoms with Gasteiger partial charge < -0.3 is 15.8 Å². The number of fused-ring (bicyclic) bond motifs is 1. The molecule has 0 bridgehead atoms. The number of ether oxygens (including phenoxy) is 1. The molecule has 0 saturated carbocycles. The molecule has 0 heterocycles. The summed E-state index contributed by atoms with van der Waals surface area (Å²) in [6, 6.07) is 17.3. The number of rotatable bonds is 4. The van der Waals surface area contributed by atoms with Crippen molar-refractivity contribution in [2.24, 2.45) is 5.73 Å². The second-order valence-corrected chi connectivity index (χ2v) is 5.57. The van der Waals surface area contributed by atoms with Gasteiger partial charge in [0, 0.05) is 7.11 Å². The second-order valence-electron chi connectivity index (χ2n) is 5.57. The molecule has 0 aliphatic heterocycles. The molecular formula is C18H20N2O2. The van der Waals surface area contributed by atoms with Crippen LogP contribution in [0.4, 0.5) is 0 Å². The highest BCUT2D eigenvalue weighted by Crippen LogP contribution is 2.30. The zero-order valence-electron chi connectivity index (χ0n) is 12.5. The molecule has 1 aliphatic carbocycles. The van der Waals surface area contributed by atoms with Gasteiger partial charge in [-0.2, -0.15) is 0 Å². The summed E-state index contributed by atoms with van der Waals surface area (Å²) in [7, 11) is 1.54. The first-order valence-corrected chi connectivity index (χ1v) is 7.42. The molecule has 3 rings (SSSR count). The monoisotopic (exact) mass is 296 g/mol. The summed E-state index contributed by atoms with van der Waals surface area (Å²) in [5, 5.41) is 3.04. The fraction of sp³-hybridized carbons (Fsp3) is 0.278. The molecule has 0 fully saturated rings. The third kappa shape index (κ3) is 2.75. The van der Waals surface area contributed by atoms with Crippen LogP contribution in [0.15, 0.2) is 54.6 Å². The van der Waals surface area contributed by atoms with Crippen LogP contribution in [0.5, 0.6) is 0 Å². The summed E-state index contributed by atoms with van der Waals surface area (Å²) in [5.41, 5.74) is 9.42. The minimum Gasteiger partial charge on any atom is -0.367 e. The van der Waals surface area contributed by atoms with E-state index in [9.17, 15) is 4.79 Å². The van der Waals surface area contributed by atoms with E-state index in [1.54, 1.807) is 7.11 Å². The van der Waals surface area contributed by atoms with Gasteiger partial charge in [0.25, 0.3) is 5.91 Å². The van der Waals surface area contributed by atoms with E-state index in [1.165, 1.54) is 5.56 Å². The quantitative estimate of drug-likeness (QED) is 0.908. The van der Waals surface area contributed by atoms with Crippen molar-refractivity contribution in [2.75, 3.05) is 7.11 Å². The van der Waals surface area contributed by atoms with E-state index >= 15 is 0 Å². The molecule has 4 heteroatoms. The molecule has 114 valence electrons. The van der Waals surface area contributed by atoms with Crippen LogP contribution in [-0.4, -0.2) is 19.1 Å². The Labute approximate surface area is 130 Å². The molecule has 3 atom stereocenters. The summed E-state index contributed by atoms with van der Waals surface area (Å²) in [6.07, 6.45) is 0.144. The van der Waals surface area contributed by atoms with E-state index in [1.807, 2.05) is 48.5 Å². The molecule has 4 nitrogen and oxygen atoms in total. The molecule has 2 aromatic rings. The minimum atomic E-state index is -0.614. The molecule has 1 aliphatic rings. The maximum Gasteiger partial charge on any atom is 0.254 e. The Morgan fingerprint density at radius 1 is 1.18 bits per heavy atom. The average molecular weight is 296 g/mol. The van der Waals surface area contributed by atoms with Gasteiger partial charge in [0.05, 0.1) is 12.1 Å². The lowest BCUT2D eigenvalue weighted by Crippen LogP contribution is -2.43. The van der Waals surface area contributed by atoms with Crippen molar-refractivity contribution in [1.29, 1.82) is 0 Å². The number of nitrogens with one attached hydrogen (secondary N) is 1. The Hall–Kier alpha value is -2.17. The summed E-state index contributed by atoms with van der Waals surface area (Å²) >= 11 is 0. The van der Waals surface area contributed by atoms with E-state index in [2.05, 4.69) is 11.4 Å².